The molecule has 0 aliphatic heterocycles. The van der Waals surface area contributed by atoms with Gasteiger partial charge in [0.15, 0.2) is 0 Å². The Kier molecular flexibility index (Phi) is 5.86. The number of amides is 1. The van der Waals surface area contributed by atoms with Crippen LogP contribution in [0, 0.1) is 0 Å². The van der Waals surface area contributed by atoms with Crippen LogP contribution in [0.3, 0.4) is 0 Å². The highest BCUT2D eigenvalue weighted by Gasteiger charge is 2.10. The summed E-state index contributed by atoms with van der Waals surface area (Å²) < 4.78 is 5.25. The van der Waals surface area contributed by atoms with E-state index in [1.165, 1.54) is 0 Å². The fourth-order valence-corrected chi connectivity index (χ4v) is 3.32. The van der Waals surface area contributed by atoms with Crippen LogP contribution >= 0.6 is 11.6 Å². The van der Waals surface area contributed by atoms with Gasteiger partial charge in [0.2, 0.25) is 17.6 Å². The first-order chi connectivity index (χ1) is 14.2. The van der Waals surface area contributed by atoms with E-state index < -0.39 is 0 Å². The number of fused-ring (bicyclic) bond motifs is 1. The standard InChI is InChI=1S/C21H20ClN5O2/c22-16-6-7-18-17(11-16)14(13-25-18)8-10-24-19(28)4-1-5-20-26-21(27-29-20)15-3-2-9-23-12-15/h2-3,6-7,9,11-13,25H,1,4-5,8,10H2,(H,24,28). The Hall–Kier alpha value is -3.19. The number of hydrogen-bond acceptors (Lipinski definition) is 5. The number of halogens is 1. The van der Waals surface area contributed by atoms with Gasteiger partial charge in [-0.25, -0.2) is 0 Å². The zero-order valence-corrected chi connectivity index (χ0v) is 16.4. The van der Waals surface area contributed by atoms with Crippen LogP contribution in [0.5, 0.6) is 0 Å². The molecular formula is C21H20ClN5O2. The quantitative estimate of drug-likeness (QED) is 0.459. The van der Waals surface area contributed by atoms with Crippen LogP contribution in [0.2, 0.25) is 5.02 Å². The summed E-state index contributed by atoms with van der Waals surface area (Å²) in [7, 11) is 0. The van der Waals surface area contributed by atoms with Crippen LogP contribution in [-0.4, -0.2) is 32.6 Å². The van der Waals surface area contributed by atoms with Crippen LogP contribution in [-0.2, 0) is 17.6 Å². The summed E-state index contributed by atoms with van der Waals surface area (Å²) >= 11 is 6.07. The number of aromatic nitrogens is 4. The Morgan fingerprint density at radius 1 is 1.24 bits per heavy atom. The molecule has 148 valence electrons. The van der Waals surface area contributed by atoms with Crippen molar-refractivity contribution in [3.8, 4) is 11.4 Å². The van der Waals surface area contributed by atoms with Gasteiger partial charge < -0.3 is 14.8 Å². The van der Waals surface area contributed by atoms with Crippen LogP contribution in [0.4, 0.5) is 0 Å². The number of nitrogens with zero attached hydrogens (tertiary/aromatic N) is 3. The van der Waals surface area contributed by atoms with Crippen LogP contribution in [0.1, 0.15) is 24.3 Å². The second-order valence-corrected chi connectivity index (χ2v) is 7.15. The molecule has 0 fully saturated rings. The first-order valence-corrected chi connectivity index (χ1v) is 9.82. The first kappa shape index (κ1) is 19.1. The van der Waals surface area contributed by atoms with E-state index in [9.17, 15) is 4.79 Å². The Bertz CT molecular complexity index is 1110. The van der Waals surface area contributed by atoms with Gasteiger partial charge in [-0.1, -0.05) is 16.8 Å². The normalized spacial score (nSPS) is 11.1. The molecule has 0 aliphatic carbocycles. The number of H-pyrrole nitrogens is 1. The molecular weight excluding hydrogens is 390 g/mol. The van der Waals surface area contributed by atoms with Crippen molar-refractivity contribution in [3.05, 3.63) is 65.4 Å². The molecule has 0 spiro atoms. The summed E-state index contributed by atoms with van der Waals surface area (Å²) in [4.78, 5) is 23.7. The molecule has 0 atom stereocenters. The molecule has 0 unspecified atom stereocenters. The number of aryl methyl sites for hydroxylation is 1. The summed E-state index contributed by atoms with van der Waals surface area (Å²) in [6, 6.07) is 9.44. The van der Waals surface area contributed by atoms with Gasteiger partial charge in [-0.15, -0.1) is 0 Å². The molecule has 3 aromatic heterocycles. The molecule has 3 heterocycles. The Morgan fingerprint density at radius 2 is 2.17 bits per heavy atom. The van der Waals surface area contributed by atoms with E-state index in [4.69, 9.17) is 16.1 Å². The summed E-state index contributed by atoms with van der Waals surface area (Å²) in [5.74, 6) is 1.04. The summed E-state index contributed by atoms with van der Waals surface area (Å²) in [5.41, 5.74) is 2.98. The van der Waals surface area contributed by atoms with E-state index in [-0.39, 0.29) is 5.91 Å². The van der Waals surface area contributed by atoms with Crippen LogP contribution < -0.4 is 5.32 Å². The van der Waals surface area contributed by atoms with E-state index in [1.54, 1.807) is 12.4 Å². The van der Waals surface area contributed by atoms with Gasteiger partial charge in [0, 0.05) is 59.5 Å². The lowest BCUT2D eigenvalue weighted by atomic mass is 10.1. The fraction of sp³-hybridized carbons (Fsp3) is 0.238. The number of nitrogens with one attached hydrogen (secondary N) is 2. The van der Waals surface area contributed by atoms with Gasteiger partial charge in [-0.3, -0.25) is 9.78 Å². The van der Waals surface area contributed by atoms with E-state index in [1.807, 2.05) is 36.5 Å². The predicted molar refractivity (Wildman–Crippen MR) is 110 cm³/mol. The fourth-order valence-electron chi connectivity index (χ4n) is 3.15. The van der Waals surface area contributed by atoms with Gasteiger partial charge in [0.05, 0.1) is 0 Å². The summed E-state index contributed by atoms with van der Waals surface area (Å²) in [6.07, 6.45) is 7.68. The van der Waals surface area contributed by atoms with Gasteiger partial charge >= 0.3 is 0 Å². The third-order valence-electron chi connectivity index (χ3n) is 4.63. The number of benzene rings is 1. The number of rotatable bonds is 8. The maximum atomic E-state index is 12.1. The van der Waals surface area contributed by atoms with Gasteiger partial charge in [0.25, 0.3) is 0 Å². The minimum absolute atomic E-state index is 0.00914. The van der Waals surface area contributed by atoms with Crippen molar-refractivity contribution in [1.82, 2.24) is 25.4 Å². The number of aromatic amines is 1. The largest absolute Gasteiger partial charge is 0.361 e. The number of hydrogen-bond donors (Lipinski definition) is 2. The average molecular weight is 410 g/mol. The van der Waals surface area contributed by atoms with Crippen molar-refractivity contribution in [2.75, 3.05) is 6.54 Å². The zero-order chi connectivity index (χ0) is 20.1. The molecule has 1 aromatic carbocycles. The third kappa shape index (κ3) is 4.81. The van der Waals surface area contributed by atoms with Crippen molar-refractivity contribution < 1.29 is 9.32 Å². The molecule has 0 saturated heterocycles. The third-order valence-corrected chi connectivity index (χ3v) is 4.86. The molecule has 7 nitrogen and oxygen atoms in total. The van der Waals surface area contributed by atoms with Crippen LogP contribution in [0.25, 0.3) is 22.3 Å². The molecule has 4 rings (SSSR count). The molecule has 2 N–H and O–H groups in total. The first-order valence-electron chi connectivity index (χ1n) is 9.44. The Labute approximate surface area is 172 Å². The highest BCUT2D eigenvalue weighted by Crippen LogP contribution is 2.22. The molecule has 0 radical (unpaired) electrons. The van der Waals surface area contributed by atoms with Crippen molar-refractivity contribution in [3.63, 3.8) is 0 Å². The van der Waals surface area contributed by atoms with Crippen molar-refractivity contribution >= 4 is 28.4 Å². The molecule has 8 heteroatoms. The van der Waals surface area contributed by atoms with Gasteiger partial charge in [-0.05, 0) is 48.7 Å². The van der Waals surface area contributed by atoms with Gasteiger partial charge in [0.1, 0.15) is 0 Å². The van der Waals surface area contributed by atoms with Crippen molar-refractivity contribution in [1.29, 1.82) is 0 Å². The molecule has 1 amide bonds. The van der Waals surface area contributed by atoms with E-state index in [2.05, 4.69) is 25.4 Å². The second-order valence-electron chi connectivity index (χ2n) is 6.71. The zero-order valence-electron chi connectivity index (χ0n) is 15.7. The summed E-state index contributed by atoms with van der Waals surface area (Å²) in [6.45, 7) is 0.573. The Morgan fingerprint density at radius 3 is 3.03 bits per heavy atom. The lowest BCUT2D eigenvalue weighted by molar-refractivity contribution is -0.121. The predicted octanol–water partition coefficient (Wildman–Crippen LogP) is 3.95. The lowest BCUT2D eigenvalue weighted by Gasteiger charge is -2.04. The van der Waals surface area contributed by atoms with Crippen molar-refractivity contribution in [2.45, 2.75) is 25.7 Å². The number of carbonyl (C=O) groups is 1. The minimum atomic E-state index is 0.00914. The highest BCUT2D eigenvalue weighted by molar-refractivity contribution is 6.31. The highest BCUT2D eigenvalue weighted by atomic mass is 35.5. The molecule has 0 saturated carbocycles. The SMILES string of the molecule is O=C(CCCc1nc(-c2cccnc2)no1)NCCc1c[nH]c2ccc(Cl)cc12. The molecule has 0 bridgehead atoms. The lowest BCUT2D eigenvalue weighted by Crippen LogP contribution is -2.25. The van der Waals surface area contributed by atoms with Crippen molar-refractivity contribution in [2.24, 2.45) is 0 Å². The van der Waals surface area contributed by atoms with E-state index in [0.29, 0.717) is 42.5 Å². The topological polar surface area (TPSA) is 96.7 Å². The maximum Gasteiger partial charge on any atom is 0.226 e. The Balaban J connectivity index is 1.20. The minimum Gasteiger partial charge on any atom is -0.361 e. The van der Waals surface area contributed by atoms with E-state index >= 15 is 0 Å². The van der Waals surface area contributed by atoms with E-state index in [0.717, 1.165) is 28.5 Å². The summed E-state index contributed by atoms with van der Waals surface area (Å²) in [5, 5.41) is 8.71. The molecule has 4 aromatic rings. The molecule has 29 heavy (non-hydrogen) atoms. The van der Waals surface area contributed by atoms with Gasteiger partial charge in [-0.2, -0.15) is 4.98 Å². The molecule has 0 aliphatic rings. The maximum absolute atomic E-state index is 12.1. The monoisotopic (exact) mass is 409 g/mol. The number of carbonyl (C=O) groups excluding carboxylic acids is 1. The van der Waals surface area contributed by atoms with Crippen LogP contribution in [0.15, 0.2) is 53.4 Å². The average Bonchev–Trinajstić information content (AvgIpc) is 3.36. The smallest absolute Gasteiger partial charge is 0.226 e. The number of pyridine rings is 1. The second kappa shape index (κ2) is 8.87.